The van der Waals surface area contributed by atoms with Crippen molar-refractivity contribution in [3.05, 3.63) is 59.7 Å². The fourth-order valence-corrected chi connectivity index (χ4v) is 3.12. The maximum atomic E-state index is 12.3. The van der Waals surface area contributed by atoms with Gasteiger partial charge in [-0.1, -0.05) is 30.3 Å². The molecule has 0 atom stereocenters. The Hall–Kier alpha value is -3.55. The molecule has 1 saturated carbocycles. The Morgan fingerprint density at radius 1 is 1.14 bits per heavy atom. The van der Waals surface area contributed by atoms with Gasteiger partial charge in [0.15, 0.2) is 5.82 Å². The lowest BCUT2D eigenvalue weighted by Gasteiger charge is -2.09. The molecule has 0 bridgehead atoms. The Morgan fingerprint density at radius 2 is 1.97 bits per heavy atom. The number of aryl methyl sites for hydroxylation is 1. The zero-order valence-corrected chi connectivity index (χ0v) is 16.1. The van der Waals surface area contributed by atoms with Gasteiger partial charge in [0, 0.05) is 29.8 Å². The maximum Gasteiger partial charge on any atom is 0.251 e. The molecule has 4 rings (SSSR count). The number of nitrogens with zero attached hydrogens (tertiary/aromatic N) is 4. The van der Waals surface area contributed by atoms with Gasteiger partial charge in [-0.3, -0.25) is 9.59 Å². The summed E-state index contributed by atoms with van der Waals surface area (Å²) in [5.74, 6) is 0.355. The van der Waals surface area contributed by atoms with Crippen molar-refractivity contribution in [2.45, 2.75) is 32.2 Å². The largest absolute Gasteiger partial charge is 0.352 e. The van der Waals surface area contributed by atoms with Crippen LogP contribution in [0.1, 0.15) is 41.2 Å². The van der Waals surface area contributed by atoms with E-state index in [1.807, 2.05) is 54.1 Å². The van der Waals surface area contributed by atoms with Gasteiger partial charge < -0.3 is 10.6 Å². The second kappa shape index (κ2) is 8.22. The third kappa shape index (κ3) is 4.48. The van der Waals surface area contributed by atoms with Crippen LogP contribution in [0.5, 0.6) is 0 Å². The van der Waals surface area contributed by atoms with E-state index < -0.39 is 0 Å². The molecule has 8 nitrogen and oxygen atoms in total. The molecule has 0 unspecified atom stereocenters. The molecule has 1 aromatic heterocycles. The Balaban J connectivity index is 1.32. The summed E-state index contributed by atoms with van der Waals surface area (Å²) in [5.41, 5.74) is 3.05. The number of carbonyl (C=O) groups is 2. The smallest absolute Gasteiger partial charge is 0.251 e. The standard InChI is InChI=1S/C21H22N6O2/c1-14-5-2-3-8-18(14)21(29)22-12-11-19(28)23-16-7-4-6-15(13-16)20-24-25-26-27(20)17-9-10-17/h2-8,13,17H,9-12H2,1H3,(H,22,29)(H,23,28). The molecule has 1 heterocycles. The SMILES string of the molecule is Cc1ccccc1C(=O)NCCC(=O)Nc1cccc(-c2nnnn2C2CC2)c1. The highest BCUT2D eigenvalue weighted by Gasteiger charge is 2.28. The number of tetrazole rings is 1. The van der Waals surface area contributed by atoms with E-state index in [0.717, 1.165) is 24.0 Å². The molecule has 0 radical (unpaired) electrons. The normalized spacial score (nSPS) is 13.1. The number of carbonyl (C=O) groups excluding carboxylic acids is 2. The van der Waals surface area contributed by atoms with Crippen molar-refractivity contribution in [2.75, 3.05) is 11.9 Å². The minimum absolute atomic E-state index is 0.172. The third-order valence-electron chi connectivity index (χ3n) is 4.82. The van der Waals surface area contributed by atoms with Gasteiger partial charge in [0.25, 0.3) is 5.91 Å². The number of aromatic nitrogens is 4. The van der Waals surface area contributed by atoms with Gasteiger partial charge in [-0.15, -0.1) is 5.10 Å². The molecule has 8 heteroatoms. The van der Waals surface area contributed by atoms with Crippen molar-refractivity contribution in [1.82, 2.24) is 25.5 Å². The maximum absolute atomic E-state index is 12.3. The van der Waals surface area contributed by atoms with Crippen LogP contribution in [-0.2, 0) is 4.79 Å². The van der Waals surface area contributed by atoms with Crippen LogP contribution in [0.25, 0.3) is 11.4 Å². The summed E-state index contributed by atoms with van der Waals surface area (Å²) in [6.07, 6.45) is 2.35. The lowest BCUT2D eigenvalue weighted by atomic mass is 10.1. The van der Waals surface area contributed by atoms with Crippen molar-refractivity contribution < 1.29 is 9.59 Å². The molecule has 0 aliphatic heterocycles. The first-order valence-corrected chi connectivity index (χ1v) is 9.64. The molecule has 29 heavy (non-hydrogen) atoms. The minimum Gasteiger partial charge on any atom is -0.352 e. The van der Waals surface area contributed by atoms with E-state index >= 15 is 0 Å². The highest BCUT2D eigenvalue weighted by atomic mass is 16.2. The fourth-order valence-electron chi connectivity index (χ4n) is 3.12. The Morgan fingerprint density at radius 3 is 2.76 bits per heavy atom. The van der Waals surface area contributed by atoms with Crippen LogP contribution >= 0.6 is 0 Å². The van der Waals surface area contributed by atoms with Gasteiger partial charge in [0.1, 0.15) is 0 Å². The van der Waals surface area contributed by atoms with Crippen molar-refractivity contribution in [1.29, 1.82) is 0 Å². The first kappa shape index (κ1) is 18.8. The summed E-state index contributed by atoms with van der Waals surface area (Å²) < 4.78 is 1.84. The summed E-state index contributed by atoms with van der Waals surface area (Å²) in [4.78, 5) is 24.5. The van der Waals surface area contributed by atoms with Gasteiger partial charge >= 0.3 is 0 Å². The van der Waals surface area contributed by atoms with E-state index in [1.54, 1.807) is 6.07 Å². The molecule has 2 N–H and O–H groups in total. The zero-order valence-electron chi connectivity index (χ0n) is 16.1. The van der Waals surface area contributed by atoms with Crippen molar-refractivity contribution in [3.63, 3.8) is 0 Å². The average molecular weight is 390 g/mol. The molecular weight excluding hydrogens is 368 g/mol. The van der Waals surface area contributed by atoms with Crippen LogP contribution in [0.2, 0.25) is 0 Å². The van der Waals surface area contributed by atoms with Crippen molar-refractivity contribution in [3.8, 4) is 11.4 Å². The molecule has 1 aliphatic rings. The minimum atomic E-state index is -0.176. The number of rotatable bonds is 7. The summed E-state index contributed by atoms with van der Waals surface area (Å²) in [6.45, 7) is 2.15. The van der Waals surface area contributed by atoms with E-state index in [9.17, 15) is 9.59 Å². The Kier molecular flexibility index (Phi) is 5.33. The molecular formula is C21H22N6O2. The third-order valence-corrected chi connectivity index (χ3v) is 4.82. The molecule has 3 aromatic rings. The van der Waals surface area contributed by atoms with Gasteiger partial charge in [-0.05, 0) is 54.0 Å². The van der Waals surface area contributed by atoms with Crippen LogP contribution < -0.4 is 10.6 Å². The highest BCUT2D eigenvalue weighted by molar-refractivity contribution is 5.96. The summed E-state index contributed by atoms with van der Waals surface area (Å²) in [6, 6.07) is 15.2. The number of hydrogen-bond acceptors (Lipinski definition) is 5. The number of amides is 2. The van der Waals surface area contributed by atoms with E-state index in [4.69, 9.17) is 0 Å². The monoisotopic (exact) mass is 390 g/mol. The Bertz CT molecular complexity index is 1040. The predicted octanol–water partition coefficient (Wildman–Crippen LogP) is 2.74. The first-order valence-electron chi connectivity index (χ1n) is 9.64. The van der Waals surface area contributed by atoms with Crippen LogP contribution in [-0.4, -0.2) is 38.6 Å². The molecule has 1 aliphatic carbocycles. The molecule has 1 fully saturated rings. The summed E-state index contributed by atoms with van der Waals surface area (Å²) >= 11 is 0. The number of nitrogens with one attached hydrogen (secondary N) is 2. The van der Waals surface area contributed by atoms with Crippen LogP contribution in [0.3, 0.4) is 0 Å². The predicted molar refractivity (Wildman–Crippen MR) is 108 cm³/mol. The second-order valence-electron chi connectivity index (χ2n) is 7.13. The second-order valence-corrected chi connectivity index (χ2v) is 7.13. The van der Waals surface area contributed by atoms with Gasteiger partial charge in [-0.25, -0.2) is 4.68 Å². The summed E-state index contributed by atoms with van der Waals surface area (Å²) in [7, 11) is 0. The van der Waals surface area contributed by atoms with Crippen molar-refractivity contribution in [2.24, 2.45) is 0 Å². The number of anilines is 1. The van der Waals surface area contributed by atoms with E-state index in [0.29, 0.717) is 23.1 Å². The highest BCUT2D eigenvalue weighted by Crippen LogP contribution is 2.36. The number of hydrogen-bond donors (Lipinski definition) is 2. The van der Waals surface area contributed by atoms with E-state index in [-0.39, 0.29) is 24.8 Å². The fraction of sp³-hybridized carbons (Fsp3) is 0.286. The average Bonchev–Trinajstić information content (AvgIpc) is 3.44. The quantitative estimate of drug-likeness (QED) is 0.646. The van der Waals surface area contributed by atoms with E-state index in [1.165, 1.54) is 0 Å². The summed E-state index contributed by atoms with van der Waals surface area (Å²) in [5, 5.41) is 17.6. The van der Waals surface area contributed by atoms with Crippen LogP contribution in [0.4, 0.5) is 5.69 Å². The lowest BCUT2D eigenvalue weighted by Crippen LogP contribution is -2.28. The van der Waals surface area contributed by atoms with Gasteiger partial charge in [-0.2, -0.15) is 0 Å². The lowest BCUT2D eigenvalue weighted by molar-refractivity contribution is -0.116. The van der Waals surface area contributed by atoms with Gasteiger partial charge in [0.2, 0.25) is 5.91 Å². The van der Waals surface area contributed by atoms with Crippen molar-refractivity contribution >= 4 is 17.5 Å². The van der Waals surface area contributed by atoms with E-state index in [2.05, 4.69) is 26.2 Å². The molecule has 0 spiro atoms. The topological polar surface area (TPSA) is 102 Å². The number of benzene rings is 2. The van der Waals surface area contributed by atoms with Crippen LogP contribution in [0, 0.1) is 6.92 Å². The zero-order chi connectivity index (χ0) is 20.2. The Labute approximate surface area is 168 Å². The van der Waals surface area contributed by atoms with Gasteiger partial charge in [0.05, 0.1) is 6.04 Å². The first-order chi connectivity index (χ1) is 14.1. The molecule has 2 aromatic carbocycles. The molecule has 148 valence electrons. The molecule has 2 amide bonds. The molecule has 0 saturated heterocycles. The van der Waals surface area contributed by atoms with Crippen LogP contribution in [0.15, 0.2) is 48.5 Å².